The highest BCUT2D eigenvalue weighted by molar-refractivity contribution is 5.39. The van der Waals surface area contributed by atoms with E-state index in [1.54, 1.807) is 6.20 Å². The quantitative estimate of drug-likeness (QED) is 0.736. The number of hydrogen-bond donors (Lipinski definition) is 2. The Morgan fingerprint density at radius 2 is 1.91 bits per heavy atom. The normalized spacial score (nSPS) is 10.9. The number of aryl methyl sites for hydroxylation is 1. The van der Waals surface area contributed by atoms with Gasteiger partial charge in [0.25, 0.3) is 0 Å². The maximum absolute atomic E-state index is 9.18. The predicted molar refractivity (Wildman–Crippen MR) is 91.2 cm³/mol. The van der Waals surface area contributed by atoms with Crippen LogP contribution in [0, 0.1) is 6.92 Å². The van der Waals surface area contributed by atoms with Gasteiger partial charge in [0.15, 0.2) is 0 Å². The summed E-state index contributed by atoms with van der Waals surface area (Å²) < 4.78 is 1.87. The van der Waals surface area contributed by atoms with E-state index in [2.05, 4.69) is 41.6 Å². The van der Waals surface area contributed by atoms with Crippen molar-refractivity contribution in [3.63, 3.8) is 0 Å². The van der Waals surface area contributed by atoms with E-state index in [0.29, 0.717) is 0 Å². The highest BCUT2D eigenvalue weighted by Crippen LogP contribution is 2.14. The molecule has 118 valence electrons. The third kappa shape index (κ3) is 3.86. The van der Waals surface area contributed by atoms with E-state index in [9.17, 15) is 5.11 Å². The molecular formula is C19H21N3O. The zero-order valence-electron chi connectivity index (χ0n) is 13.2. The average molecular weight is 307 g/mol. The van der Waals surface area contributed by atoms with Crippen LogP contribution in [0.1, 0.15) is 22.3 Å². The fourth-order valence-corrected chi connectivity index (χ4v) is 2.62. The van der Waals surface area contributed by atoms with Crippen molar-refractivity contribution in [1.29, 1.82) is 0 Å². The standard InChI is InChI=1S/C19H21N3O/c1-15-10-19(22-9-3-8-21-22)7-6-18(15)13-20-12-16-4-2-5-17(11-16)14-23/h2-11,20,23H,12-14H2,1H3. The van der Waals surface area contributed by atoms with Gasteiger partial charge in [0, 0.05) is 25.5 Å². The van der Waals surface area contributed by atoms with Crippen molar-refractivity contribution < 1.29 is 5.11 Å². The van der Waals surface area contributed by atoms with Crippen molar-refractivity contribution in [2.24, 2.45) is 0 Å². The Morgan fingerprint density at radius 1 is 1.04 bits per heavy atom. The van der Waals surface area contributed by atoms with Crippen LogP contribution in [0.15, 0.2) is 60.9 Å². The van der Waals surface area contributed by atoms with Crippen LogP contribution < -0.4 is 5.32 Å². The molecule has 0 aliphatic heterocycles. The molecule has 3 aromatic rings. The first kappa shape index (κ1) is 15.5. The molecule has 0 radical (unpaired) electrons. The number of nitrogens with zero attached hydrogens (tertiary/aromatic N) is 2. The molecule has 4 heteroatoms. The van der Waals surface area contributed by atoms with E-state index in [1.165, 1.54) is 16.7 Å². The molecule has 2 N–H and O–H groups in total. The third-order valence-corrected chi connectivity index (χ3v) is 3.91. The van der Waals surface area contributed by atoms with Gasteiger partial charge in [-0.1, -0.05) is 30.3 Å². The molecule has 1 aromatic heterocycles. The van der Waals surface area contributed by atoms with Crippen molar-refractivity contribution in [3.8, 4) is 5.69 Å². The van der Waals surface area contributed by atoms with E-state index in [4.69, 9.17) is 0 Å². The van der Waals surface area contributed by atoms with Crippen molar-refractivity contribution in [3.05, 3.63) is 83.2 Å². The number of hydrogen-bond acceptors (Lipinski definition) is 3. The lowest BCUT2D eigenvalue weighted by Gasteiger charge is -2.10. The molecule has 0 aliphatic rings. The lowest BCUT2D eigenvalue weighted by molar-refractivity contribution is 0.281. The van der Waals surface area contributed by atoms with E-state index in [0.717, 1.165) is 24.3 Å². The summed E-state index contributed by atoms with van der Waals surface area (Å²) in [5.74, 6) is 0. The zero-order valence-corrected chi connectivity index (χ0v) is 13.2. The summed E-state index contributed by atoms with van der Waals surface area (Å²) in [6, 6.07) is 16.3. The first-order valence-corrected chi connectivity index (χ1v) is 7.75. The summed E-state index contributed by atoms with van der Waals surface area (Å²) >= 11 is 0. The maximum Gasteiger partial charge on any atom is 0.0681 e. The minimum absolute atomic E-state index is 0.0852. The largest absolute Gasteiger partial charge is 0.392 e. The maximum atomic E-state index is 9.18. The summed E-state index contributed by atoms with van der Waals surface area (Å²) in [4.78, 5) is 0. The van der Waals surface area contributed by atoms with Crippen LogP contribution >= 0.6 is 0 Å². The number of nitrogens with one attached hydrogen (secondary N) is 1. The molecule has 0 fully saturated rings. The van der Waals surface area contributed by atoms with Gasteiger partial charge in [0.2, 0.25) is 0 Å². The zero-order chi connectivity index (χ0) is 16.1. The first-order valence-electron chi connectivity index (χ1n) is 7.75. The summed E-state index contributed by atoms with van der Waals surface area (Å²) in [5.41, 5.74) is 5.73. The Balaban J connectivity index is 1.62. The van der Waals surface area contributed by atoms with Crippen LogP contribution in [0.3, 0.4) is 0 Å². The highest BCUT2D eigenvalue weighted by atomic mass is 16.3. The summed E-state index contributed by atoms with van der Waals surface area (Å²) in [6.07, 6.45) is 3.73. The molecule has 0 spiro atoms. The Bertz CT molecular complexity index is 766. The SMILES string of the molecule is Cc1cc(-n2cccn2)ccc1CNCc1cccc(CO)c1. The molecule has 1 heterocycles. The second-order valence-electron chi connectivity index (χ2n) is 5.64. The molecule has 0 saturated carbocycles. The van der Waals surface area contributed by atoms with Gasteiger partial charge in [-0.2, -0.15) is 5.10 Å². The smallest absolute Gasteiger partial charge is 0.0681 e. The lowest BCUT2D eigenvalue weighted by atomic mass is 10.1. The van der Waals surface area contributed by atoms with Crippen LogP contribution in [-0.4, -0.2) is 14.9 Å². The van der Waals surface area contributed by atoms with E-state index < -0.39 is 0 Å². The van der Waals surface area contributed by atoms with Crippen LogP contribution in [0.2, 0.25) is 0 Å². The van der Waals surface area contributed by atoms with Crippen LogP contribution in [0.25, 0.3) is 5.69 Å². The molecule has 2 aromatic carbocycles. The van der Waals surface area contributed by atoms with Gasteiger partial charge in [-0.25, -0.2) is 4.68 Å². The number of aliphatic hydroxyl groups excluding tert-OH is 1. The summed E-state index contributed by atoms with van der Waals surface area (Å²) in [5, 5.41) is 16.9. The molecule has 0 aliphatic carbocycles. The molecule has 23 heavy (non-hydrogen) atoms. The molecule has 3 rings (SSSR count). The van der Waals surface area contributed by atoms with Crippen LogP contribution in [0.4, 0.5) is 0 Å². The van der Waals surface area contributed by atoms with E-state index >= 15 is 0 Å². The Kier molecular flexibility index (Phi) is 4.86. The predicted octanol–water partition coefficient (Wildman–Crippen LogP) is 2.96. The van der Waals surface area contributed by atoms with Gasteiger partial charge in [0.1, 0.15) is 0 Å². The van der Waals surface area contributed by atoms with Crippen molar-refractivity contribution in [2.45, 2.75) is 26.6 Å². The Hall–Kier alpha value is -2.43. The fraction of sp³-hybridized carbons (Fsp3) is 0.211. The van der Waals surface area contributed by atoms with Gasteiger partial charge in [0.05, 0.1) is 12.3 Å². The number of rotatable bonds is 6. The molecule has 0 unspecified atom stereocenters. The van der Waals surface area contributed by atoms with E-state index in [1.807, 2.05) is 35.1 Å². The monoisotopic (exact) mass is 307 g/mol. The molecule has 0 saturated heterocycles. The Morgan fingerprint density at radius 3 is 2.65 bits per heavy atom. The Labute approximate surface area is 136 Å². The van der Waals surface area contributed by atoms with Crippen LogP contribution in [-0.2, 0) is 19.7 Å². The molecular weight excluding hydrogens is 286 g/mol. The highest BCUT2D eigenvalue weighted by Gasteiger charge is 2.02. The molecule has 0 atom stereocenters. The molecule has 4 nitrogen and oxygen atoms in total. The lowest BCUT2D eigenvalue weighted by Crippen LogP contribution is -2.14. The second-order valence-corrected chi connectivity index (χ2v) is 5.64. The van der Waals surface area contributed by atoms with Crippen molar-refractivity contribution in [1.82, 2.24) is 15.1 Å². The van der Waals surface area contributed by atoms with Crippen molar-refractivity contribution in [2.75, 3.05) is 0 Å². The van der Waals surface area contributed by atoms with Gasteiger partial charge in [-0.3, -0.25) is 0 Å². The van der Waals surface area contributed by atoms with Gasteiger partial charge >= 0.3 is 0 Å². The minimum atomic E-state index is 0.0852. The fourth-order valence-electron chi connectivity index (χ4n) is 2.62. The minimum Gasteiger partial charge on any atom is -0.392 e. The summed E-state index contributed by atoms with van der Waals surface area (Å²) in [7, 11) is 0. The topological polar surface area (TPSA) is 50.1 Å². The van der Waals surface area contributed by atoms with Gasteiger partial charge in [-0.05, 0) is 47.4 Å². The van der Waals surface area contributed by atoms with Crippen molar-refractivity contribution >= 4 is 0 Å². The third-order valence-electron chi connectivity index (χ3n) is 3.91. The first-order chi connectivity index (χ1) is 11.3. The summed E-state index contributed by atoms with van der Waals surface area (Å²) in [6.45, 7) is 3.81. The van der Waals surface area contributed by atoms with Gasteiger partial charge < -0.3 is 10.4 Å². The number of benzene rings is 2. The number of aliphatic hydroxyl groups is 1. The molecule has 0 bridgehead atoms. The molecule has 0 amide bonds. The number of aromatic nitrogens is 2. The van der Waals surface area contributed by atoms with Crippen LogP contribution in [0.5, 0.6) is 0 Å². The van der Waals surface area contributed by atoms with Gasteiger partial charge in [-0.15, -0.1) is 0 Å². The second kappa shape index (κ2) is 7.22. The van der Waals surface area contributed by atoms with E-state index in [-0.39, 0.29) is 6.61 Å². The average Bonchev–Trinajstić information content (AvgIpc) is 3.11.